The van der Waals surface area contributed by atoms with Gasteiger partial charge in [0, 0.05) is 18.0 Å². The molecule has 0 aliphatic heterocycles. The Morgan fingerprint density at radius 1 is 0.857 bits per heavy atom. The van der Waals surface area contributed by atoms with Gasteiger partial charge in [0.05, 0.1) is 10.2 Å². The highest BCUT2D eigenvalue weighted by atomic mass is 32.1. The van der Waals surface area contributed by atoms with Crippen molar-refractivity contribution in [3.05, 3.63) is 36.4 Å². The summed E-state index contributed by atoms with van der Waals surface area (Å²) in [6, 6.07) is 12.8. The highest BCUT2D eigenvalue weighted by molar-refractivity contribution is 7.22. The van der Waals surface area contributed by atoms with Crippen molar-refractivity contribution < 1.29 is 0 Å². The third-order valence-corrected chi connectivity index (χ3v) is 7.14. The summed E-state index contributed by atoms with van der Waals surface area (Å²) in [5, 5.41) is 7.15. The number of nitrogens with zero attached hydrogens (tertiary/aromatic N) is 2. The molecule has 4 nitrogen and oxygen atoms in total. The van der Waals surface area contributed by atoms with Crippen LogP contribution < -0.4 is 10.6 Å². The number of aromatic nitrogens is 2. The second kappa shape index (κ2) is 8.08. The number of nitrogens with one attached hydrogen (secondary N) is 2. The summed E-state index contributed by atoms with van der Waals surface area (Å²) in [7, 11) is 0. The summed E-state index contributed by atoms with van der Waals surface area (Å²) in [4.78, 5) is 10.9. The van der Waals surface area contributed by atoms with Crippen molar-refractivity contribution in [3.8, 4) is 10.4 Å². The van der Waals surface area contributed by atoms with Crippen LogP contribution in [0.1, 0.15) is 44.9 Å². The van der Waals surface area contributed by atoms with Gasteiger partial charge in [0.1, 0.15) is 5.82 Å². The number of benzene rings is 1. The normalized spacial score (nSPS) is 17.7. The Kier molecular flexibility index (Phi) is 5.17. The van der Waals surface area contributed by atoms with Crippen LogP contribution in [0.15, 0.2) is 36.4 Å². The van der Waals surface area contributed by atoms with E-state index in [1.807, 2.05) is 0 Å². The lowest BCUT2D eigenvalue weighted by molar-refractivity contribution is 0.373. The molecule has 2 aliphatic rings. The van der Waals surface area contributed by atoms with Gasteiger partial charge >= 0.3 is 0 Å². The fraction of sp³-hybridized carbons (Fsp3) is 0.478. The largest absolute Gasteiger partial charge is 0.368 e. The molecule has 2 aliphatic carbocycles. The van der Waals surface area contributed by atoms with Crippen molar-refractivity contribution in [1.82, 2.24) is 9.97 Å². The topological polar surface area (TPSA) is 49.8 Å². The minimum absolute atomic E-state index is 0.767. The molecule has 0 saturated heterocycles. The van der Waals surface area contributed by atoms with Gasteiger partial charge in [-0.2, -0.15) is 4.98 Å². The van der Waals surface area contributed by atoms with E-state index in [4.69, 9.17) is 9.97 Å². The highest BCUT2D eigenvalue weighted by Crippen LogP contribution is 2.37. The van der Waals surface area contributed by atoms with Crippen LogP contribution in [0.5, 0.6) is 0 Å². The van der Waals surface area contributed by atoms with Gasteiger partial charge in [0.2, 0.25) is 5.95 Å². The van der Waals surface area contributed by atoms with Gasteiger partial charge in [-0.3, -0.25) is 0 Å². The Morgan fingerprint density at radius 2 is 1.61 bits per heavy atom. The second-order valence-electron chi connectivity index (χ2n) is 8.30. The maximum Gasteiger partial charge on any atom is 0.225 e. The van der Waals surface area contributed by atoms with Gasteiger partial charge in [0.15, 0.2) is 0 Å². The summed E-state index contributed by atoms with van der Waals surface area (Å²) >= 11 is 1.79. The van der Waals surface area contributed by atoms with Crippen LogP contribution >= 0.6 is 11.3 Å². The Bertz CT molecular complexity index is 926. The summed E-state index contributed by atoms with van der Waals surface area (Å²) in [6.45, 7) is 2.01. The first-order valence-electron chi connectivity index (χ1n) is 10.7. The molecule has 0 spiro atoms. The molecule has 1 aromatic carbocycles. The molecule has 2 saturated carbocycles. The first kappa shape index (κ1) is 17.9. The fourth-order valence-corrected chi connectivity index (χ4v) is 5.13. The van der Waals surface area contributed by atoms with Crippen molar-refractivity contribution in [1.29, 1.82) is 0 Å². The van der Waals surface area contributed by atoms with Crippen LogP contribution in [0.4, 0.5) is 11.8 Å². The SMILES string of the molecule is c1ccc(-c2cc3nc(NCC4CC4)nc(NCC4CCCCC4)c3s2)cc1. The zero-order valence-electron chi connectivity index (χ0n) is 16.3. The Balaban J connectivity index is 1.44. The zero-order chi connectivity index (χ0) is 18.8. The van der Waals surface area contributed by atoms with E-state index < -0.39 is 0 Å². The van der Waals surface area contributed by atoms with Gasteiger partial charge in [-0.1, -0.05) is 49.6 Å². The van der Waals surface area contributed by atoms with E-state index in [1.165, 1.54) is 60.1 Å². The van der Waals surface area contributed by atoms with Gasteiger partial charge in [0.25, 0.3) is 0 Å². The van der Waals surface area contributed by atoms with Crippen LogP contribution in [0.25, 0.3) is 20.7 Å². The van der Waals surface area contributed by atoms with Crippen LogP contribution in [0.2, 0.25) is 0 Å². The molecule has 2 fully saturated rings. The molecule has 2 aromatic heterocycles. The predicted octanol–water partition coefficient (Wildman–Crippen LogP) is 6.17. The molecule has 0 amide bonds. The van der Waals surface area contributed by atoms with E-state index in [9.17, 15) is 0 Å². The number of thiophene rings is 1. The molecule has 5 heteroatoms. The molecule has 2 heterocycles. The molecule has 3 aromatic rings. The molecule has 0 bridgehead atoms. The standard InChI is InChI=1S/C23H28N4S/c1-3-7-16(8-4-1)14-24-22-21-19(26-23(27-22)25-15-17-11-12-17)13-20(28-21)18-9-5-2-6-10-18/h2,5-6,9-10,13,16-17H,1,3-4,7-8,11-12,14-15H2,(H2,24,25,26,27). The molecular formula is C23H28N4S. The van der Waals surface area contributed by atoms with Crippen LogP contribution in [-0.2, 0) is 0 Å². The van der Waals surface area contributed by atoms with Gasteiger partial charge in [-0.15, -0.1) is 11.3 Å². The molecular weight excluding hydrogens is 364 g/mol. The maximum atomic E-state index is 4.87. The number of hydrogen-bond donors (Lipinski definition) is 2. The van der Waals surface area contributed by atoms with Crippen LogP contribution in [-0.4, -0.2) is 23.1 Å². The monoisotopic (exact) mass is 392 g/mol. The van der Waals surface area contributed by atoms with Crippen LogP contribution in [0, 0.1) is 11.8 Å². The quantitative estimate of drug-likeness (QED) is 0.504. The molecule has 0 atom stereocenters. The van der Waals surface area contributed by atoms with Gasteiger partial charge in [-0.05, 0) is 49.1 Å². The summed E-state index contributed by atoms with van der Waals surface area (Å²) in [6.07, 6.45) is 9.49. The van der Waals surface area contributed by atoms with E-state index in [-0.39, 0.29) is 0 Å². The first-order chi connectivity index (χ1) is 13.8. The minimum atomic E-state index is 0.767. The van der Waals surface area contributed by atoms with E-state index in [1.54, 1.807) is 11.3 Å². The number of rotatable bonds is 7. The summed E-state index contributed by atoms with van der Waals surface area (Å²) < 4.78 is 1.17. The minimum Gasteiger partial charge on any atom is -0.368 e. The lowest BCUT2D eigenvalue weighted by atomic mass is 9.89. The molecule has 28 heavy (non-hydrogen) atoms. The molecule has 2 N–H and O–H groups in total. The molecule has 0 unspecified atom stereocenters. The number of fused-ring (bicyclic) bond motifs is 1. The van der Waals surface area contributed by atoms with Crippen molar-refractivity contribution in [2.24, 2.45) is 11.8 Å². The van der Waals surface area contributed by atoms with Gasteiger partial charge in [-0.25, -0.2) is 4.98 Å². The van der Waals surface area contributed by atoms with Crippen molar-refractivity contribution >= 4 is 33.3 Å². The Labute approximate surface area is 170 Å². The summed E-state index contributed by atoms with van der Waals surface area (Å²) in [5.41, 5.74) is 2.29. The smallest absolute Gasteiger partial charge is 0.225 e. The first-order valence-corrected chi connectivity index (χ1v) is 11.5. The van der Waals surface area contributed by atoms with E-state index in [0.29, 0.717) is 0 Å². The fourth-order valence-electron chi connectivity index (χ4n) is 4.06. The zero-order valence-corrected chi connectivity index (χ0v) is 17.1. The molecule has 5 rings (SSSR count). The third kappa shape index (κ3) is 4.14. The highest BCUT2D eigenvalue weighted by Gasteiger charge is 2.22. The van der Waals surface area contributed by atoms with Crippen molar-refractivity contribution in [2.75, 3.05) is 23.7 Å². The van der Waals surface area contributed by atoms with E-state index in [0.717, 1.165) is 42.2 Å². The number of anilines is 2. The number of hydrogen-bond acceptors (Lipinski definition) is 5. The third-order valence-electron chi connectivity index (χ3n) is 5.96. The summed E-state index contributed by atoms with van der Waals surface area (Å²) in [5.74, 6) is 3.35. The van der Waals surface area contributed by atoms with Gasteiger partial charge < -0.3 is 10.6 Å². The lowest BCUT2D eigenvalue weighted by Crippen LogP contribution is -2.18. The van der Waals surface area contributed by atoms with Crippen LogP contribution in [0.3, 0.4) is 0 Å². The molecule has 0 radical (unpaired) electrons. The predicted molar refractivity (Wildman–Crippen MR) is 119 cm³/mol. The maximum absolute atomic E-state index is 4.87. The average Bonchev–Trinajstić information content (AvgIpc) is 3.48. The van der Waals surface area contributed by atoms with Crippen molar-refractivity contribution in [2.45, 2.75) is 44.9 Å². The Morgan fingerprint density at radius 3 is 2.39 bits per heavy atom. The average molecular weight is 393 g/mol. The lowest BCUT2D eigenvalue weighted by Gasteiger charge is -2.22. The van der Waals surface area contributed by atoms with E-state index in [2.05, 4.69) is 47.0 Å². The molecule has 146 valence electrons. The Hall–Kier alpha value is -2.14. The second-order valence-corrected chi connectivity index (χ2v) is 9.35. The van der Waals surface area contributed by atoms with Crippen molar-refractivity contribution in [3.63, 3.8) is 0 Å². The van der Waals surface area contributed by atoms with E-state index >= 15 is 0 Å².